The van der Waals surface area contributed by atoms with Crippen molar-refractivity contribution in [3.8, 4) is 0 Å². The lowest BCUT2D eigenvalue weighted by Crippen LogP contribution is -2.00. The Morgan fingerprint density at radius 2 is 1.14 bits per heavy atom. The predicted molar refractivity (Wildman–Crippen MR) is 91.7 cm³/mol. The van der Waals surface area contributed by atoms with E-state index in [0.29, 0.717) is 5.92 Å². The molecular formula is C20H32F2. The van der Waals surface area contributed by atoms with Crippen molar-refractivity contribution in [3.05, 3.63) is 35.4 Å². The highest BCUT2D eigenvalue weighted by Crippen LogP contribution is 2.30. The van der Waals surface area contributed by atoms with Gasteiger partial charge in [0.2, 0.25) is 0 Å². The molecule has 0 radical (unpaired) electrons. The second kappa shape index (κ2) is 11.6. The fourth-order valence-corrected chi connectivity index (χ4v) is 3.03. The van der Waals surface area contributed by atoms with Gasteiger partial charge in [-0.05, 0) is 24.3 Å². The molecule has 126 valence electrons. The monoisotopic (exact) mass is 310 g/mol. The van der Waals surface area contributed by atoms with Crippen molar-refractivity contribution >= 4 is 0 Å². The minimum atomic E-state index is -2.36. The normalized spacial score (nSPS) is 12.8. The van der Waals surface area contributed by atoms with Crippen molar-refractivity contribution in [3.63, 3.8) is 0 Å². The van der Waals surface area contributed by atoms with Crippen molar-refractivity contribution in [2.45, 2.75) is 90.4 Å². The molecule has 1 atom stereocenters. The summed E-state index contributed by atoms with van der Waals surface area (Å²) >= 11 is 0. The SMILES string of the molecule is CCCCCCCC(CCCCC)c1ccc(C(F)F)cc1. The number of rotatable bonds is 12. The van der Waals surface area contributed by atoms with E-state index in [-0.39, 0.29) is 5.56 Å². The molecule has 0 N–H and O–H groups in total. The highest BCUT2D eigenvalue weighted by molar-refractivity contribution is 5.26. The van der Waals surface area contributed by atoms with Crippen LogP contribution in [-0.2, 0) is 0 Å². The lowest BCUT2D eigenvalue weighted by molar-refractivity contribution is 0.151. The number of hydrogen-bond acceptors (Lipinski definition) is 0. The van der Waals surface area contributed by atoms with Crippen molar-refractivity contribution in [2.75, 3.05) is 0 Å². The molecule has 2 heteroatoms. The summed E-state index contributed by atoms with van der Waals surface area (Å²) in [6.45, 7) is 4.45. The molecule has 0 fully saturated rings. The number of hydrogen-bond donors (Lipinski definition) is 0. The van der Waals surface area contributed by atoms with Gasteiger partial charge in [-0.3, -0.25) is 0 Å². The van der Waals surface area contributed by atoms with Gasteiger partial charge in [0.1, 0.15) is 0 Å². The Kier molecular flexibility index (Phi) is 10.1. The number of unbranched alkanes of at least 4 members (excludes halogenated alkanes) is 6. The maximum absolute atomic E-state index is 12.7. The Morgan fingerprint density at radius 1 is 0.682 bits per heavy atom. The van der Waals surface area contributed by atoms with Gasteiger partial charge in [0.05, 0.1) is 0 Å². The maximum Gasteiger partial charge on any atom is 0.263 e. The predicted octanol–water partition coefficient (Wildman–Crippen LogP) is 7.65. The van der Waals surface area contributed by atoms with Gasteiger partial charge in [0.25, 0.3) is 6.43 Å². The number of benzene rings is 1. The Bertz CT molecular complexity index is 370. The fourth-order valence-electron chi connectivity index (χ4n) is 3.03. The van der Waals surface area contributed by atoms with Crippen molar-refractivity contribution in [1.29, 1.82) is 0 Å². The van der Waals surface area contributed by atoms with E-state index >= 15 is 0 Å². The molecular weight excluding hydrogens is 278 g/mol. The van der Waals surface area contributed by atoms with Crippen LogP contribution in [0, 0.1) is 0 Å². The van der Waals surface area contributed by atoms with Crippen LogP contribution < -0.4 is 0 Å². The van der Waals surface area contributed by atoms with Crippen molar-refractivity contribution in [1.82, 2.24) is 0 Å². The van der Waals surface area contributed by atoms with Crippen LogP contribution in [0.5, 0.6) is 0 Å². The summed E-state index contributed by atoms with van der Waals surface area (Å²) in [6, 6.07) is 7.04. The molecule has 0 amide bonds. The van der Waals surface area contributed by atoms with E-state index in [9.17, 15) is 8.78 Å². The molecule has 0 nitrogen and oxygen atoms in total. The molecule has 0 aliphatic heterocycles. The lowest BCUT2D eigenvalue weighted by Gasteiger charge is -2.18. The standard InChI is InChI=1S/C20H32F2/c1-3-5-7-8-10-12-17(11-9-6-4-2)18-13-15-19(16-14-18)20(21)22/h13-17,20H,3-12H2,1-2H3. The third-order valence-corrected chi connectivity index (χ3v) is 4.47. The van der Waals surface area contributed by atoms with E-state index in [2.05, 4.69) is 13.8 Å². The van der Waals surface area contributed by atoms with Crippen molar-refractivity contribution in [2.24, 2.45) is 0 Å². The van der Waals surface area contributed by atoms with Crippen LogP contribution in [-0.4, -0.2) is 0 Å². The van der Waals surface area contributed by atoms with Gasteiger partial charge in [-0.15, -0.1) is 0 Å². The van der Waals surface area contributed by atoms with E-state index < -0.39 is 6.43 Å². The first-order valence-corrected chi connectivity index (χ1v) is 9.07. The first-order valence-electron chi connectivity index (χ1n) is 9.07. The second-order valence-electron chi connectivity index (χ2n) is 6.36. The van der Waals surface area contributed by atoms with Crippen LogP contribution in [0.3, 0.4) is 0 Å². The highest BCUT2D eigenvalue weighted by atomic mass is 19.3. The zero-order chi connectivity index (χ0) is 16.2. The molecule has 0 saturated carbocycles. The van der Waals surface area contributed by atoms with Gasteiger partial charge < -0.3 is 0 Å². The average Bonchev–Trinajstić information content (AvgIpc) is 2.53. The molecule has 0 spiro atoms. The van der Waals surface area contributed by atoms with Crippen LogP contribution in [0.4, 0.5) is 8.78 Å². The smallest absolute Gasteiger partial charge is 0.205 e. The van der Waals surface area contributed by atoms with E-state index in [0.717, 1.165) is 0 Å². The molecule has 22 heavy (non-hydrogen) atoms. The third-order valence-electron chi connectivity index (χ3n) is 4.47. The van der Waals surface area contributed by atoms with Gasteiger partial charge in [-0.1, -0.05) is 89.5 Å². The first-order chi connectivity index (χ1) is 10.7. The number of halogens is 2. The summed E-state index contributed by atoms with van der Waals surface area (Å²) in [5.74, 6) is 0.542. The third kappa shape index (κ3) is 7.38. The summed E-state index contributed by atoms with van der Waals surface area (Å²) < 4.78 is 25.3. The summed E-state index contributed by atoms with van der Waals surface area (Å²) in [7, 11) is 0. The topological polar surface area (TPSA) is 0 Å². The van der Waals surface area contributed by atoms with Gasteiger partial charge in [-0.2, -0.15) is 0 Å². The maximum atomic E-state index is 12.7. The van der Waals surface area contributed by atoms with Crippen molar-refractivity contribution < 1.29 is 8.78 Å². The largest absolute Gasteiger partial charge is 0.263 e. The van der Waals surface area contributed by atoms with Gasteiger partial charge >= 0.3 is 0 Å². The molecule has 0 saturated heterocycles. The van der Waals surface area contributed by atoms with Crippen LogP contribution in [0.2, 0.25) is 0 Å². The van der Waals surface area contributed by atoms with E-state index in [1.807, 2.05) is 12.1 Å². The van der Waals surface area contributed by atoms with Crippen LogP contribution in [0.1, 0.15) is 102 Å². The second-order valence-corrected chi connectivity index (χ2v) is 6.36. The minimum absolute atomic E-state index is 0.138. The summed E-state index contributed by atoms with van der Waals surface area (Å²) in [5, 5.41) is 0. The average molecular weight is 310 g/mol. The molecule has 0 bridgehead atoms. The van der Waals surface area contributed by atoms with Gasteiger partial charge in [0, 0.05) is 5.56 Å². The summed E-state index contributed by atoms with van der Waals surface area (Å²) in [5.41, 5.74) is 1.38. The van der Waals surface area contributed by atoms with E-state index in [4.69, 9.17) is 0 Å². The number of alkyl halides is 2. The van der Waals surface area contributed by atoms with Gasteiger partial charge in [0.15, 0.2) is 0 Å². The van der Waals surface area contributed by atoms with Crippen LogP contribution >= 0.6 is 0 Å². The molecule has 0 aromatic heterocycles. The van der Waals surface area contributed by atoms with E-state index in [1.165, 1.54) is 69.8 Å². The molecule has 0 aliphatic carbocycles. The Balaban J connectivity index is 2.55. The highest BCUT2D eigenvalue weighted by Gasteiger charge is 2.13. The Hall–Kier alpha value is -0.920. The first kappa shape index (κ1) is 19.1. The summed E-state index contributed by atoms with van der Waals surface area (Å²) in [4.78, 5) is 0. The summed E-state index contributed by atoms with van der Waals surface area (Å²) in [6.07, 6.45) is 10.2. The van der Waals surface area contributed by atoms with Crippen LogP contribution in [0.15, 0.2) is 24.3 Å². The van der Waals surface area contributed by atoms with E-state index in [1.54, 1.807) is 12.1 Å². The van der Waals surface area contributed by atoms with Gasteiger partial charge in [-0.25, -0.2) is 8.78 Å². The van der Waals surface area contributed by atoms with Crippen LogP contribution in [0.25, 0.3) is 0 Å². The molecule has 1 aromatic rings. The Labute approximate surface area is 135 Å². The zero-order valence-electron chi connectivity index (χ0n) is 14.3. The molecule has 0 aliphatic rings. The minimum Gasteiger partial charge on any atom is -0.205 e. The molecule has 1 rings (SSSR count). The molecule has 1 unspecified atom stereocenters. The molecule has 0 heterocycles. The quantitative estimate of drug-likeness (QED) is 0.348. The lowest BCUT2D eigenvalue weighted by atomic mass is 9.88. The fraction of sp³-hybridized carbons (Fsp3) is 0.700. The Morgan fingerprint density at radius 3 is 1.68 bits per heavy atom. The zero-order valence-corrected chi connectivity index (χ0v) is 14.3. The molecule has 1 aromatic carbocycles.